The largest absolute Gasteiger partial charge is 0.492 e. The van der Waals surface area contributed by atoms with Crippen molar-refractivity contribution in [3.05, 3.63) is 29.8 Å². The minimum absolute atomic E-state index is 0.0119. The van der Waals surface area contributed by atoms with E-state index in [2.05, 4.69) is 46.7 Å². The fourth-order valence-corrected chi connectivity index (χ4v) is 8.31. The summed E-state index contributed by atoms with van der Waals surface area (Å²) in [6.45, 7) is 13.7. The number of nitrogens with zero attached hydrogens (tertiary/aromatic N) is 1. The Morgan fingerprint density at radius 1 is 0.979 bits per heavy atom. The van der Waals surface area contributed by atoms with E-state index in [1.165, 1.54) is 5.56 Å². The summed E-state index contributed by atoms with van der Waals surface area (Å²) in [6.07, 6.45) is 7.33. The first-order valence-corrected chi connectivity index (χ1v) is 18.2. The topological polar surface area (TPSA) is 128 Å². The molecule has 0 aromatic heterocycles. The SMILES string of the molecule is CC(C)(C)OC(=O)NCCCNC(=O)C12CC(CC(OO)C1)CC(OC1(C)CCC(c3ccc(OCCN4CCOCC4)cc3)CC1)C2. The lowest BCUT2D eigenvalue weighted by atomic mass is 9.59. The van der Waals surface area contributed by atoms with Crippen LogP contribution in [0.1, 0.15) is 103 Å². The molecule has 48 heavy (non-hydrogen) atoms. The number of fused-ring (bicyclic) bond motifs is 2. The Hall–Kier alpha value is -2.44. The molecule has 3 aliphatic carbocycles. The second kappa shape index (κ2) is 16.5. The molecule has 1 saturated heterocycles. The van der Waals surface area contributed by atoms with Crippen LogP contribution in [0.25, 0.3) is 0 Å². The van der Waals surface area contributed by atoms with Gasteiger partial charge in [-0.25, -0.2) is 9.68 Å². The van der Waals surface area contributed by atoms with Crippen LogP contribution in [0.3, 0.4) is 0 Å². The molecular formula is C37H59N3O8. The van der Waals surface area contributed by atoms with Crippen LogP contribution < -0.4 is 15.4 Å². The molecule has 4 atom stereocenters. The van der Waals surface area contributed by atoms with E-state index in [4.69, 9.17) is 23.8 Å². The number of amides is 2. The zero-order chi connectivity index (χ0) is 34.2. The smallest absolute Gasteiger partial charge is 0.407 e. The molecule has 2 bridgehead atoms. The van der Waals surface area contributed by atoms with Gasteiger partial charge in [-0.2, -0.15) is 0 Å². The van der Waals surface area contributed by atoms with E-state index in [1.54, 1.807) is 0 Å². The number of rotatable bonds is 13. The van der Waals surface area contributed by atoms with Crippen molar-refractivity contribution >= 4 is 12.0 Å². The molecule has 3 N–H and O–H groups in total. The van der Waals surface area contributed by atoms with Gasteiger partial charge in [-0.3, -0.25) is 15.0 Å². The van der Waals surface area contributed by atoms with Gasteiger partial charge in [0.2, 0.25) is 5.91 Å². The Balaban J connectivity index is 1.08. The average Bonchev–Trinajstić information content (AvgIpc) is 3.04. The van der Waals surface area contributed by atoms with Gasteiger partial charge in [0, 0.05) is 32.7 Å². The van der Waals surface area contributed by atoms with Crippen molar-refractivity contribution in [3.63, 3.8) is 0 Å². The van der Waals surface area contributed by atoms with Gasteiger partial charge in [-0.1, -0.05) is 12.1 Å². The van der Waals surface area contributed by atoms with Crippen LogP contribution in [0.15, 0.2) is 24.3 Å². The molecule has 4 unspecified atom stereocenters. The van der Waals surface area contributed by atoms with Gasteiger partial charge in [-0.15, -0.1) is 0 Å². The molecule has 1 aliphatic heterocycles. The predicted molar refractivity (Wildman–Crippen MR) is 182 cm³/mol. The van der Waals surface area contributed by atoms with Crippen molar-refractivity contribution in [2.45, 2.75) is 121 Å². The summed E-state index contributed by atoms with van der Waals surface area (Å²) in [7, 11) is 0. The Morgan fingerprint density at radius 3 is 2.33 bits per heavy atom. The maximum atomic E-state index is 13.7. The molecule has 0 radical (unpaired) electrons. The molecule has 1 aromatic rings. The molecule has 1 aromatic carbocycles. The maximum absolute atomic E-state index is 13.7. The summed E-state index contributed by atoms with van der Waals surface area (Å²) in [5.74, 6) is 1.66. The number of hydrogen-bond acceptors (Lipinski definition) is 9. The molecule has 2 amide bonds. The standard InChI is InChI=1S/C37H59N3O8/c1-35(2,3)47-34(42)39-15-5-14-38-33(41)37-24-27(23-32(26-37)48-43)22-31(25-37)46-36(4)12-10-29(11-13-36)28-6-8-30(9-7-28)45-21-18-40-16-19-44-20-17-40/h6-9,27,29,31-32,43H,5,10-26H2,1-4H3,(H,38,41)(H,39,42). The summed E-state index contributed by atoms with van der Waals surface area (Å²) in [5, 5.41) is 15.4. The molecule has 5 rings (SSSR count). The lowest BCUT2D eigenvalue weighted by Gasteiger charge is -2.51. The molecule has 3 saturated carbocycles. The van der Waals surface area contributed by atoms with Crippen LogP contribution in [0.5, 0.6) is 5.75 Å². The lowest BCUT2D eigenvalue weighted by molar-refractivity contribution is -0.298. The molecule has 11 nitrogen and oxygen atoms in total. The van der Waals surface area contributed by atoms with Crippen LogP contribution in [0.4, 0.5) is 4.79 Å². The average molecular weight is 674 g/mol. The fraction of sp³-hybridized carbons (Fsp3) is 0.784. The molecule has 11 heteroatoms. The first-order chi connectivity index (χ1) is 22.9. The number of carbonyl (C=O) groups is 2. The fourth-order valence-electron chi connectivity index (χ4n) is 8.31. The quantitative estimate of drug-likeness (QED) is 0.138. The number of morpholine rings is 1. The zero-order valence-electron chi connectivity index (χ0n) is 29.6. The van der Waals surface area contributed by atoms with Crippen LogP contribution in [-0.4, -0.2) is 98.1 Å². The van der Waals surface area contributed by atoms with Gasteiger partial charge >= 0.3 is 6.09 Å². The second-order valence-corrected chi connectivity index (χ2v) is 15.8. The van der Waals surface area contributed by atoms with E-state index < -0.39 is 17.1 Å². The third-order valence-electron chi connectivity index (χ3n) is 10.7. The number of alkyl carbamates (subject to hydrolysis) is 1. The van der Waals surface area contributed by atoms with E-state index in [9.17, 15) is 14.8 Å². The van der Waals surface area contributed by atoms with Gasteiger partial charge < -0.3 is 29.6 Å². The monoisotopic (exact) mass is 673 g/mol. The van der Waals surface area contributed by atoms with E-state index in [-0.39, 0.29) is 29.6 Å². The number of nitrogens with one attached hydrogen (secondary N) is 2. The highest BCUT2D eigenvalue weighted by atomic mass is 17.1. The third kappa shape index (κ3) is 10.5. The van der Waals surface area contributed by atoms with Gasteiger partial charge in [0.15, 0.2) is 0 Å². The van der Waals surface area contributed by atoms with E-state index in [0.29, 0.717) is 44.9 Å². The van der Waals surface area contributed by atoms with Crippen molar-refractivity contribution in [3.8, 4) is 5.75 Å². The van der Waals surface area contributed by atoms with E-state index in [1.807, 2.05) is 20.8 Å². The van der Waals surface area contributed by atoms with Gasteiger partial charge in [0.25, 0.3) is 0 Å². The van der Waals surface area contributed by atoms with Crippen molar-refractivity contribution in [1.82, 2.24) is 15.5 Å². The van der Waals surface area contributed by atoms with Gasteiger partial charge in [0.1, 0.15) is 18.0 Å². The minimum Gasteiger partial charge on any atom is -0.492 e. The van der Waals surface area contributed by atoms with Crippen LogP contribution >= 0.6 is 0 Å². The number of benzene rings is 1. The van der Waals surface area contributed by atoms with Crippen molar-refractivity contribution in [1.29, 1.82) is 0 Å². The van der Waals surface area contributed by atoms with Crippen LogP contribution in [0.2, 0.25) is 0 Å². The Morgan fingerprint density at radius 2 is 1.65 bits per heavy atom. The van der Waals surface area contributed by atoms with Crippen LogP contribution in [0, 0.1) is 11.3 Å². The number of carbonyl (C=O) groups excluding carboxylic acids is 2. The first-order valence-electron chi connectivity index (χ1n) is 18.2. The summed E-state index contributed by atoms with van der Waals surface area (Å²) >= 11 is 0. The molecular weight excluding hydrogens is 614 g/mol. The Kier molecular flexibility index (Phi) is 12.7. The highest BCUT2D eigenvalue weighted by Crippen LogP contribution is 2.52. The molecule has 1 heterocycles. The molecule has 270 valence electrons. The zero-order valence-corrected chi connectivity index (χ0v) is 29.6. The number of hydrogen-bond donors (Lipinski definition) is 3. The third-order valence-corrected chi connectivity index (χ3v) is 10.7. The lowest BCUT2D eigenvalue weighted by Crippen LogP contribution is -2.54. The normalized spacial score (nSPS) is 31.1. The molecule has 4 fully saturated rings. The summed E-state index contributed by atoms with van der Waals surface area (Å²) in [6, 6.07) is 8.64. The van der Waals surface area contributed by atoms with Crippen molar-refractivity contribution < 1.29 is 38.7 Å². The van der Waals surface area contributed by atoms with Crippen molar-refractivity contribution in [2.75, 3.05) is 52.5 Å². The van der Waals surface area contributed by atoms with E-state index in [0.717, 1.165) is 83.5 Å². The van der Waals surface area contributed by atoms with Crippen LogP contribution in [-0.2, 0) is 23.9 Å². The molecule has 4 aliphatic rings. The van der Waals surface area contributed by atoms with E-state index >= 15 is 0 Å². The summed E-state index contributed by atoms with van der Waals surface area (Å²) in [5.41, 5.74) is -0.0661. The highest BCUT2D eigenvalue weighted by molar-refractivity contribution is 5.83. The number of ether oxygens (including phenoxy) is 4. The maximum Gasteiger partial charge on any atom is 0.407 e. The first kappa shape index (κ1) is 36.8. The Labute approximate surface area is 286 Å². The Bertz CT molecular complexity index is 1180. The summed E-state index contributed by atoms with van der Waals surface area (Å²) in [4.78, 5) is 32.9. The van der Waals surface area contributed by atoms with Crippen molar-refractivity contribution in [2.24, 2.45) is 11.3 Å². The highest BCUT2D eigenvalue weighted by Gasteiger charge is 2.52. The predicted octanol–water partition coefficient (Wildman–Crippen LogP) is 5.67. The van der Waals surface area contributed by atoms with Gasteiger partial charge in [0.05, 0.1) is 36.4 Å². The molecule has 0 spiro atoms. The summed E-state index contributed by atoms with van der Waals surface area (Å²) < 4.78 is 23.7. The second-order valence-electron chi connectivity index (χ2n) is 15.8. The minimum atomic E-state index is -0.641. The van der Waals surface area contributed by atoms with Gasteiger partial charge in [-0.05, 0) is 121 Å².